The van der Waals surface area contributed by atoms with Crippen LogP contribution in [0, 0.1) is 0 Å². The standard InChI is InChI=1S/C26H31N3O2S/c1-3-18-9-11-19(12-10-18)16-29-23(30)22-15-20-13-14-32-24(20)28(22)17-26(29,2)25(31)27-21-7-5-4-6-8-21/h9-15,21H,3-8,16-17H2,1-2H3,(H,27,31). The number of hydrogen-bond donors (Lipinski definition) is 1. The average Bonchev–Trinajstić information content (AvgIpc) is 3.40. The van der Waals surface area contributed by atoms with Gasteiger partial charge in [0, 0.05) is 18.0 Å². The minimum Gasteiger partial charge on any atom is -0.351 e. The highest BCUT2D eigenvalue weighted by atomic mass is 32.1. The van der Waals surface area contributed by atoms with Gasteiger partial charge in [-0.05, 0) is 54.8 Å². The van der Waals surface area contributed by atoms with E-state index in [-0.39, 0.29) is 17.9 Å². The van der Waals surface area contributed by atoms with Gasteiger partial charge in [0.15, 0.2) is 0 Å². The molecule has 3 aromatic rings. The maximum absolute atomic E-state index is 13.8. The molecule has 2 amide bonds. The Morgan fingerprint density at radius 2 is 1.84 bits per heavy atom. The molecule has 3 heterocycles. The molecule has 2 aliphatic rings. The summed E-state index contributed by atoms with van der Waals surface area (Å²) < 4.78 is 2.06. The SMILES string of the molecule is CCc1ccc(CN2C(=O)c3cc4ccsc4n3CC2(C)C(=O)NC2CCCCC2)cc1. The third kappa shape index (κ3) is 3.64. The van der Waals surface area contributed by atoms with Gasteiger partial charge in [0.1, 0.15) is 16.1 Å². The first-order valence-corrected chi connectivity index (χ1v) is 12.6. The van der Waals surface area contributed by atoms with Gasteiger partial charge in [-0.2, -0.15) is 0 Å². The fourth-order valence-electron chi connectivity index (χ4n) is 5.16. The molecule has 1 atom stereocenters. The van der Waals surface area contributed by atoms with E-state index in [1.165, 1.54) is 12.0 Å². The summed E-state index contributed by atoms with van der Waals surface area (Å²) in [5.74, 6) is -0.104. The number of benzene rings is 1. The molecule has 1 unspecified atom stereocenters. The molecule has 0 saturated heterocycles. The molecule has 1 fully saturated rings. The summed E-state index contributed by atoms with van der Waals surface area (Å²) in [6, 6.07) is 12.6. The summed E-state index contributed by atoms with van der Waals surface area (Å²) in [5.41, 5.74) is 2.06. The van der Waals surface area contributed by atoms with Gasteiger partial charge in [-0.25, -0.2) is 0 Å². The predicted octanol–water partition coefficient (Wildman–Crippen LogP) is 5.13. The minimum absolute atomic E-state index is 0.0352. The molecule has 2 aromatic heterocycles. The highest BCUT2D eigenvalue weighted by molar-refractivity contribution is 7.16. The normalized spacial score (nSPS) is 21.7. The lowest BCUT2D eigenvalue weighted by atomic mass is 9.91. The zero-order valence-corrected chi connectivity index (χ0v) is 19.7. The number of hydrogen-bond acceptors (Lipinski definition) is 3. The molecule has 5 nitrogen and oxygen atoms in total. The van der Waals surface area contributed by atoms with E-state index >= 15 is 0 Å². The van der Waals surface area contributed by atoms with Crippen LogP contribution in [0.15, 0.2) is 41.8 Å². The van der Waals surface area contributed by atoms with Gasteiger partial charge in [-0.1, -0.05) is 50.5 Å². The van der Waals surface area contributed by atoms with Gasteiger partial charge in [-0.3, -0.25) is 9.59 Å². The highest BCUT2D eigenvalue weighted by Crippen LogP contribution is 2.35. The van der Waals surface area contributed by atoms with E-state index in [0.717, 1.165) is 47.9 Å². The topological polar surface area (TPSA) is 54.3 Å². The van der Waals surface area contributed by atoms with Crippen molar-refractivity contribution >= 4 is 33.4 Å². The van der Waals surface area contributed by atoms with E-state index in [9.17, 15) is 9.59 Å². The van der Waals surface area contributed by atoms with Crippen molar-refractivity contribution in [2.24, 2.45) is 0 Å². The molecule has 6 heteroatoms. The minimum atomic E-state index is -0.944. The van der Waals surface area contributed by atoms with Crippen molar-refractivity contribution in [3.63, 3.8) is 0 Å². The fourth-order valence-corrected chi connectivity index (χ4v) is 6.05. The molecule has 1 saturated carbocycles. The van der Waals surface area contributed by atoms with Crippen LogP contribution >= 0.6 is 11.3 Å². The van der Waals surface area contributed by atoms with E-state index < -0.39 is 5.54 Å². The molecule has 0 radical (unpaired) electrons. The largest absolute Gasteiger partial charge is 0.351 e. The first-order valence-electron chi connectivity index (χ1n) is 11.8. The summed E-state index contributed by atoms with van der Waals surface area (Å²) in [4.78, 5) is 30.3. The number of amides is 2. The summed E-state index contributed by atoms with van der Waals surface area (Å²) in [6.07, 6.45) is 6.59. The van der Waals surface area contributed by atoms with E-state index in [0.29, 0.717) is 18.8 Å². The number of fused-ring (bicyclic) bond motifs is 3. The molecule has 168 valence electrons. The van der Waals surface area contributed by atoms with E-state index in [4.69, 9.17) is 0 Å². The number of nitrogens with zero attached hydrogens (tertiary/aromatic N) is 2. The van der Waals surface area contributed by atoms with Crippen molar-refractivity contribution in [2.75, 3.05) is 0 Å². The monoisotopic (exact) mass is 449 g/mol. The number of nitrogens with one attached hydrogen (secondary N) is 1. The predicted molar refractivity (Wildman–Crippen MR) is 129 cm³/mol. The van der Waals surface area contributed by atoms with E-state index in [2.05, 4.69) is 41.1 Å². The zero-order valence-electron chi connectivity index (χ0n) is 18.9. The quantitative estimate of drug-likeness (QED) is 0.587. The Bertz CT molecular complexity index is 1140. The Morgan fingerprint density at radius 1 is 1.12 bits per heavy atom. The molecule has 1 aliphatic carbocycles. The number of carbonyl (C=O) groups is 2. The van der Waals surface area contributed by atoms with Crippen LogP contribution in [0.25, 0.3) is 10.2 Å². The molecular weight excluding hydrogens is 418 g/mol. The zero-order chi connectivity index (χ0) is 22.3. The second-order valence-electron chi connectivity index (χ2n) is 9.44. The lowest BCUT2D eigenvalue weighted by Gasteiger charge is -2.44. The van der Waals surface area contributed by atoms with E-state index in [1.807, 2.05) is 24.4 Å². The van der Waals surface area contributed by atoms with Crippen molar-refractivity contribution in [1.29, 1.82) is 0 Å². The number of aryl methyl sites for hydroxylation is 1. The molecule has 1 aromatic carbocycles. The third-order valence-corrected chi connectivity index (χ3v) is 8.18. The summed E-state index contributed by atoms with van der Waals surface area (Å²) in [7, 11) is 0. The second-order valence-corrected chi connectivity index (χ2v) is 10.3. The van der Waals surface area contributed by atoms with Crippen LogP contribution in [0.2, 0.25) is 0 Å². The van der Waals surface area contributed by atoms with Crippen LogP contribution in [-0.2, 0) is 24.3 Å². The van der Waals surface area contributed by atoms with Gasteiger partial charge in [0.2, 0.25) is 5.91 Å². The second kappa shape index (κ2) is 8.39. The van der Waals surface area contributed by atoms with Gasteiger partial charge >= 0.3 is 0 Å². The first kappa shape index (κ1) is 21.3. The molecule has 1 N–H and O–H groups in total. The Hall–Kier alpha value is -2.60. The lowest BCUT2D eigenvalue weighted by molar-refractivity contribution is -0.134. The number of carbonyl (C=O) groups excluding carboxylic acids is 2. The third-order valence-electron chi connectivity index (χ3n) is 7.23. The highest BCUT2D eigenvalue weighted by Gasteiger charge is 2.48. The first-order chi connectivity index (χ1) is 15.5. The summed E-state index contributed by atoms with van der Waals surface area (Å²) in [5, 5.41) is 6.42. The van der Waals surface area contributed by atoms with Crippen molar-refractivity contribution in [2.45, 2.75) is 77.0 Å². The fraction of sp³-hybridized carbons (Fsp3) is 0.462. The molecule has 1 aliphatic heterocycles. The number of aromatic nitrogens is 1. The maximum Gasteiger partial charge on any atom is 0.271 e. The van der Waals surface area contributed by atoms with Gasteiger partial charge < -0.3 is 14.8 Å². The summed E-state index contributed by atoms with van der Waals surface area (Å²) in [6.45, 7) is 4.97. The van der Waals surface area contributed by atoms with Gasteiger partial charge in [0.25, 0.3) is 5.91 Å². The van der Waals surface area contributed by atoms with E-state index in [1.54, 1.807) is 16.2 Å². The molecular formula is C26H31N3O2S. The Morgan fingerprint density at radius 3 is 2.56 bits per heavy atom. The lowest BCUT2D eigenvalue weighted by Crippen LogP contribution is -2.64. The van der Waals surface area contributed by atoms with Gasteiger partial charge in [0.05, 0.1) is 6.54 Å². The van der Waals surface area contributed by atoms with Crippen LogP contribution in [0.1, 0.15) is 67.6 Å². The molecule has 32 heavy (non-hydrogen) atoms. The van der Waals surface area contributed by atoms with Gasteiger partial charge in [-0.15, -0.1) is 11.3 Å². The maximum atomic E-state index is 13.8. The number of rotatable bonds is 5. The smallest absolute Gasteiger partial charge is 0.271 e. The molecule has 0 spiro atoms. The molecule has 5 rings (SSSR count). The van der Waals surface area contributed by atoms with Crippen LogP contribution in [0.5, 0.6) is 0 Å². The Labute approximate surface area is 193 Å². The van der Waals surface area contributed by atoms with Crippen LogP contribution in [0.4, 0.5) is 0 Å². The van der Waals surface area contributed by atoms with Crippen molar-refractivity contribution in [3.8, 4) is 0 Å². The van der Waals surface area contributed by atoms with Crippen molar-refractivity contribution in [3.05, 3.63) is 58.6 Å². The average molecular weight is 450 g/mol. The number of thiophene rings is 1. The Balaban J connectivity index is 1.51. The van der Waals surface area contributed by atoms with Crippen molar-refractivity contribution < 1.29 is 9.59 Å². The van der Waals surface area contributed by atoms with Crippen LogP contribution in [0.3, 0.4) is 0 Å². The summed E-state index contributed by atoms with van der Waals surface area (Å²) >= 11 is 1.63. The van der Waals surface area contributed by atoms with Crippen LogP contribution < -0.4 is 5.32 Å². The Kier molecular flexibility index (Phi) is 5.58. The van der Waals surface area contributed by atoms with Crippen molar-refractivity contribution in [1.82, 2.24) is 14.8 Å². The van der Waals surface area contributed by atoms with Crippen LogP contribution in [-0.4, -0.2) is 32.9 Å². The molecule has 0 bridgehead atoms.